The van der Waals surface area contributed by atoms with E-state index in [0.717, 1.165) is 17.0 Å². The normalized spacial score (nSPS) is 10.1. The minimum atomic E-state index is 0.0879. The number of carbonyl (C=O) groups excluding carboxylic acids is 1. The van der Waals surface area contributed by atoms with Gasteiger partial charge in [0.05, 0.1) is 22.7 Å². The fraction of sp³-hybridized carbons (Fsp3) is 0.250. The van der Waals surface area contributed by atoms with Crippen molar-refractivity contribution in [1.29, 1.82) is 5.26 Å². The lowest BCUT2D eigenvalue weighted by Gasteiger charge is -2.19. The molecule has 2 aromatic rings. The highest BCUT2D eigenvalue weighted by atomic mass is 32.1. The molecule has 0 N–H and O–H groups in total. The second-order valence-electron chi connectivity index (χ2n) is 4.53. The van der Waals surface area contributed by atoms with Crippen molar-refractivity contribution in [3.63, 3.8) is 0 Å². The lowest BCUT2D eigenvalue weighted by molar-refractivity contribution is 0.100. The number of aryl methyl sites for hydroxylation is 1. The monoisotopic (exact) mass is 284 g/mol. The Morgan fingerprint density at radius 2 is 2.05 bits per heavy atom. The lowest BCUT2D eigenvalue weighted by Crippen LogP contribution is -2.25. The molecule has 1 heterocycles. The summed E-state index contributed by atoms with van der Waals surface area (Å²) in [5.74, 6) is 0.0879. The number of ketones is 1. The maximum atomic E-state index is 12.2. The van der Waals surface area contributed by atoms with Gasteiger partial charge in [-0.3, -0.25) is 4.79 Å². The number of nitriles is 1. The molecule has 0 amide bonds. The van der Waals surface area contributed by atoms with Crippen LogP contribution >= 0.6 is 11.3 Å². The number of rotatable bonds is 5. The van der Waals surface area contributed by atoms with Crippen LogP contribution in [-0.4, -0.2) is 19.4 Å². The molecule has 0 aliphatic rings. The molecule has 0 aliphatic carbocycles. The van der Waals surface area contributed by atoms with Crippen LogP contribution in [-0.2, 0) is 6.42 Å². The van der Waals surface area contributed by atoms with Gasteiger partial charge in [0.15, 0.2) is 5.78 Å². The van der Waals surface area contributed by atoms with Gasteiger partial charge in [0.2, 0.25) is 0 Å². The Kier molecular flexibility index (Phi) is 4.54. The largest absolute Gasteiger partial charge is 0.366 e. The fourth-order valence-electron chi connectivity index (χ4n) is 2.00. The van der Waals surface area contributed by atoms with E-state index in [1.807, 2.05) is 42.3 Å². The highest BCUT2D eigenvalue weighted by molar-refractivity contribution is 7.14. The maximum absolute atomic E-state index is 12.2. The molecule has 0 atom stereocenters. The zero-order valence-electron chi connectivity index (χ0n) is 11.6. The van der Waals surface area contributed by atoms with Crippen LogP contribution in [0.4, 0.5) is 5.69 Å². The molecular weight excluding hydrogens is 268 g/mol. The summed E-state index contributed by atoms with van der Waals surface area (Å²) in [5.41, 5.74) is 1.37. The summed E-state index contributed by atoms with van der Waals surface area (Å²) in [6.45, 7) is 2.36. The van der Waals surface area contributed by atoms with Gasteiger partial charge in [0.1, 0.15) is 6.07 Å². The van der Waals surface area contributed by atoms with Gasteiger partial charge >= 0.3 is 0 Å². The van der Waals surface area contributed by atoms with Gasteiger partial charge in [-0.15, -0.1) is 11.3 Å². The van der Waals surface area contributed by atoms with Crippen molar-refractivity contribution in [3.8, 4) is 6.07 Å². The number of para-hydroxylation sites is 1. The molecule has 1 aromatic heterocycles. The van der Waals surface area contributed by atoms with Crippen LogP contribution in [0.3, 0.4) is 0 Å². The number of hydrogen-bond acceptors (Lipinski definition) is 4. The maximum Gasteiger partial charge on any atom is 0.191 e. The van der Waals surface area contributed by atoms with Crippen LogP contribution in [0, 0.1) is 11.3 Å². The van der Waals surface area contributed by atoms with Crippen molar-refractivity contribution in [1.82, 2.24) is 0 Å². The summed E-state index contributed by atoms with van der Waals surface area (Å²) in [5, 5.41) is 9.09. The highest BCUT2D eigenvalue weighted by Crippen LogP contribution is 2.21. The number of nitrogens with zero attached hydrogens (tertiary/aromatic N) is 2. The number of carbonyl (C=O) groups is 1. The average Bonchev–Trinajstić information content (AvgIpc) is 2.96. The van der Waals surface area contributed by atoms with Crippen molar-refractivity contribution in [3.05, 3.63) is 51.7 Å². The number of thiophene rings is 1. The van der Waals surface area contributed by atoms with Crippen molar-refractivity contribution in [2.24, 2.45) is 0 Å². The van der Waals surface area contributed by atoms with E-state index in [9.17, 15) is 4.79 Å². The van der Waals surface area contributed by atoms with Crippen LogP contribution < -0.4 is 4.90 Å². The van der Waals surface area contributed by atoms with Gasteiger partial charge in [0, 0.05) is 11.9 Å². The number of Topliss-reactive ketones (excluding diaryl/α,β-unsaturated/α-hetero) is 1. The molecule has 3 nitrogen and oxygen atoms in total. The molecule has 0 radical (unpaired) electrons. The van der Waals surface area contributed by atoms with E-state index in [2.05, 4.69) is 13.0 Å². The molecule has 1 aromatic carbocycles. The van der Waals surface area contributed by atoms with Crippen LogP contribution in [0.2, 0.25) is 0 Å². The minimum Gasteiger partial charge on any atom is -0.366 e. The third-order valence-electron chi connectivity index (χ3n) is 3.10. The first-order valence-electron chi connectivity index (χ1n) is 6.48. The van der Waals surface area contributed by atoms with Gasteiger partial charge in [-0.2, -0.15) is 5.26 Å². The zero-order chi connectivity index (χ0) is 14.5. The Morgan fingerprint density at radius 1 is 1.30 bits per heavy atom. The van der Waals surface area contributed by atoms with Gasteiger partial charge in [-0.05, 0) is 30.7 Å². The molecule has 0 unspecified atom stereocenters. The standard InChI is InChI=1S/C16H16N2OS/c1-3-13-8-9-16(20-13)15(19)11-18(2)14-7-5-4-6-12(14)10-17/h4-9H,3,11H2,1-2H3. The third kappa shape index (κ3) is 3.06. The number of anilines is 1. The van der Waals surface area contributed by atoms with Crippen LogP contribution in [0.5, 0.6) is 0 Å². The van der Waals surface area contributed by atoms with E-state index in [1.165, 1.54) is 4.88 Å². The predicted molar refractivity (Wildman–Crippen MR) is 82.5 cm³/mol. The van der Waals surface area contributed by atoms with Crippen molar-refractivity contribution < 1.29 is 4.79 Å². The van der Waals surface area contributed by atoms with Gasteiger partial charge < -0.3 is 4.90 Å². The topological polar surface area (TPSA) is 44.1 Å². The smallest absolute Gasteiger partial charge is 0.191 e. The Hall–Kier alpha value is -2.12. The average molecular weight is 284 g/mol. The Balaban J connectivity index is 2.13. The van der Waals surface area contributed by atoms with Gasteiger partial charge in [-0.25, -0.2) is 0 Å². The third-order valence-corrected chi connectivity index (χ3v) is 4.37. The van der Waals surface area contributed by atoms with Crippen LogP contribution in [0.1, 0.15) is 27.0 Å². The first-order chi connectivity index (χ1) is 9.65. The number of benzene rings is 1. The highest BCUT2D eigenvalue weighted by Gasteiger charge is 2.14. The summed E-state index contributed by atoms with van der Waals surface area (Å²) >= 11 is 1.55. The number of hydrogen-bond donors (Lipinski definition) is 0. The van der Waals surface area contributed by atoms with Gasteiger partial charge in [-0.1, -0.05) is 19.1 Å². The van der Waals surface area contributed by atoms with Gasteiger partial charge in [0.25, 0.3) is 0 Å². The molecule has 4 heteroatoms. The van der Waals surface area contributed by atoms with Crippen molar-refractivity contribution in [2.75, 3.05) is 18.5 Å². The molecular formula is C16H16N2OS. The van der Waals surface area contributed by atoms with E-state index in [0.29, 0.717) is 5.56 Å². The summed E-state index contributed by atoms with van der Waals surface area (Å²) in [7, 11) is 1.84. The molecule has 20 heavy (non-hydrogen) atoms. The summed E-state index contributed by atoms with van der Waals surface area (Å²) in [6, 6.07) is 13.4. The molecule has 0 spiro atoms. The summed E-state index contributed by atoms with van der Waals surface area (Å²) in [4.78, 5) is 16.1. The Morgan fingerprint density at radius 3 is 2.70 bits per heavy atom. The zero-order valence-corrected chi connectivity index (χ0v) is 12.4. The van der Waals surface area contributed by atoms with Crippen molar-refractivity contribution >= 4 is 22.8 Å². The quantitative estimate of drug-likeness (QED) is 0.789. The van der Waals surface area contributed by atoms with Crippen LogP contribution in [0.15, 0.2) is 36.4 Å². The Labute approximate surface area is 123 Å². The first-order valence-corrected chi connectivity index (χ1v) is 7.29. The Bertz CT molecular complexity index is 654. The van der Waals surface area contributed by atoms with Crippen molar-refractivity contribution in [2.45, 2.75) is 13.3 Å². The minimum absolute atomic E-state index is 0.0879. The molecule has 0 bridgehead atoms. The number of likely N-dealkylation sites (N-methyl/N-ethyl adjacent to an activating group) is 1. The second kappa shape index (κ2) is 6.36. The van der Waals surface area contributed by atoms with E-state index >= 15 is 0 Å². The molecule has 0 saturated carbocycles. The first kappa shape index (κ1) is 14.3. The fourth-order valence-corrected chi connectivity index (χ4v) is 2.87. The van der Waals surface area contributed by atoms with E-state index in [4.69, 9.17) is 5.26 Å². The SMILES string of the molecule is CCc1ccc(C(=O)CN(C)c2ccccc2C#N)s1. The predicted octanol–water partition coefficient (Wildman–Crippen LogP) is 3.50. The van der Waals surface area contributed by atoms with E-state index in [-0.39, 0.29) is 12.3 Å². The van der Waals surface area contributed by atoms with Crippen LogP contribution in [0.25, 0.3) is 0 Å². The van der Waals surface area contributed by atoms with E-state index in [1.54, 1.807) is 17.4 Å². The molecule has 102 valence electrons. The molecule has 0 saturated heterocycles. The van der Waals surface area contributed by atoms with E-state index < -0.39 is 0 Å². The summed E-state index contributed by atoms with van der Waals surface area (Å²) < 4.78 is 0. The second-order valence-corrected chi connectivity index (χ2v) is 5.70. The lowest BCUT2D eigenvalue weighted by atomic mass is 10.1. The molecule has 0 fully saturated rings. The summed E-state index contributed by atoms with van der Waals surface area (Å²) in [6.07, 6.45) is 0.949. The molecule has 0 aliphatic heterocycles. The molecule has 2 rings (SSSR count).